The summed E-state index contributed by atoms with van der Waals surface area (Å²) in [5, 5.41) is 8.55. The Morgan fingerprint density at radius 3 is 2.45 bits per heavy atom. The van der Waals surface area contributed by atoms with Crippen LogP contribution in [0.2, 0.25) is 0 Å². The molecule has 3 nitrogen and oxygen atoms in total. The van der Waals surface area contributed by atoms with Crippen molar-refractivity contribution in [3.8, 4) is 0 Å². The van der Waals surface area contributed by atoms with Crippen molar-refractivity contribution in [3.05, 3.63) is 36.1 Å². The number of carboxylic acid groups (broad SMARTS) is 1. The van der Waals surface area contributed by atoms with E-state index in [1.54, 1.807) is 6.92 Å². The number of hydrogen-bond acceptors (Lipinski definition) is 2. The molecule has 0 aliphatic carbocycles. The van der Waals surface area contributed by atoms with Gasteiger partial charge in [-0.15, -0.1) is 0 Å². The maximum Gasteiger partial charge on any atom is 0.337 e. The molecule has 0 unspecified atom stereocenters. The molecule has 0 radical (unpaired) electrons. The van der Waals surface area contributed by atoms with E-state index in [1.807, 2.05) is 0 Å². The smallest absolute Gasteiger partial charge is 0.337 e. The molecule has 0 amide bonds. The number of hydrogen-bond donors (Lipinski definition) is 2. The van der Waals surface area contributed by atoms with Gasteiger partial charge in [0.15, 0.2) is 0 Å². The van der Waals surface area contributed by atoms with Crippen LogP contribution < -0.4 is 5.73 Å². The molecule has 0 bridgehead atoms. The molecule has 0 aromatic rings. The van der Waals surface area contributed by atoms with Crippen LogP contribution in [0.5, 0.6) is 0 Å². The molecule has 0 aromatic carbocycles. The van der Waals surface area contributed by atoms with Gasteiger partial charge in [0.1, 0.15) is 0 Å². The highest BCUT2D eigenvalue weighted by Crippen LogP contribution is 2.03. The molecule has 0 heterocycles. The predicted octanol–water partition coefficient (Wildman–Crippen LogP) is 1.05. The summed E-state index contributed by atoms with van der Waals surface area (Å²) in [5.74, 6) is -1.02. The first-order valence-electron chi connectivity index (χ1n) is 3.11. The fourth-order valence-corrected chi connectivity index (χ4v) is 0.630. The van der Waals surface area contributed by atoms with E-state index in [2.05, 4.69) is 6.58 Å². The van der Waals surface area contributed by atoms with Crippen LogP contribution in [0, 0.1) is 0 Å². The van der Waals surface area contributed by atoms with Crippen LogP contribution >= 0.6 is 0 Å². The number of nitrogens with two attached hydrogens (primary N) is 1. The van der Waals surface area contributed by atoms with Crippen molar-refractivity contribution in [1.29, 1.82) is 0 Å². The summed E-state index contributed by atoms with van der Waals surface area (Å²) in [5.41, 5.74) is 5.70. The SMILES string of the molecule is C=C/C=C(N)\C(=C/C)C(=O)O. The lowest BCUT2D eigenvalue weighted by molar-refractivity contribution is -0.132. The van der Waals surface area contributed by atoms with Gasteiger partial charge in [-0.2, -0.15) is 0 Å². The molecule has 60 valence electrons. The van der Waals surface area contributed by atoms with Crippen molar-refractivity contribution in [2.75, 3.05) is 0 Å². The van der Waals surface area contributed by atoms with Crippen LogP contribution in [0.1, 0.15) is 6.92 Å². The van der Waals surface area contributed by atoms with Gasteiger partial charge in [0.25, 0.3) is 0 Å². The Morgan fingerprint density at radius 2 is 2.18 bits per heavy atom. The predicted molar refractivity (Wildman–Crippen MR) is 43.9 cm³/mol. The number of carbonyl (C=O) groups is 1. The molecular formula is C8H11NO2. The van der Waals surface area contributed by atoms with E-state index in [1.165, 1.54) is 18.2 Å². The lowest BCUT2D eigenvalue weighted by atomic mass is 10.2. The second-order valence-corrected chi connectivity index (χ2v) is 1.87. The third kappa shape index (κ3) is 2.71. The molecule has 0 atom stereocenters. The van der Waals surface area contributed by atoms with Crippen molar-refractivity contribution < 1.29 is 9.90 Å². The van der Waals surface area contributed by atoms with Gasteiger partial charge >= 0.3 is 5.97 Å². The molecule has 0 rings (SSSR count). The molecule has 11 heavy (non-hydrogen) atoms. The quantitative estimate of drug-likeness (QED) is 0.470. The minimum atomic E-state index is -1.02. The first kappa shape index (κ1) is 9.49. The maximum atomic E-state index is 10.4. The van der Waals surface area contributed by atoms with E-state index in [0.717, 1.165) is 0 Å². The third-order valence-corrected chi connectivity index (χ3v) is 1.13. The molecule has 3 N–H and O–H groups in total. The van der Waals surface area contributed by atoms with Gasteiger partial charge in [0, 0.05) is 5.70 Å². The second kappa shape index (κ2) is 4.33. The van der Waals surface area contributed by atoms with Crippen molar-refractivity contribution in [3.63, 3.8) is 0 Å². The summed E-state index contributed by atoms with van der Waals surface area (Å²) in [4.78, 5) is 10.4. The molecular weight excluding hydrogens is 142 g/mol. The Kier molecular flexibility index (Phi) is 3.73. The summed E-state index contributed by atoms with van der Waals surface area (Å²) < 4.78 is 0. The Balaban J connectivity index is 4.67. The normalized spacial score (nSPS) is 12.8. The van der Waals surface area contributed by atoms with E-state index >= 15 is 0 Å². The summed E-state index contributed by atoms with van der Waals surface area (Å²) in [6, 6.07) is 0. The number of carboxylic acids is 1. The van der Waals surface area contributed by atoms with E-state index in [9.17, 15) is 4.79 Å². The minimum Gasteiger partial charge on any atom is -0.478 e. The minimum absolute atomic E-state index is 0.102. The topological polar surface area (TPSA) is 63.3 Å². The summed E-state index contributed by atoms with van der Waals surface area (Å²) >= 11 is 0. The number of allylic oxidation sites excluding steroid dienone is 3. The molecule has 0 aliphatic rings. The van der Waals surface area contributed by atoms with Gasteiger partial charge in [-0.05, 0) is 13.0 Å². The van der Waals surface area contributed by atoms with Gasteiger partial charge in [-0.25, -0.2) is 4.79 Å². The zero-order chi connectivity index (χ0) is 8.85. The monoisotopic (exact) mass is 153 g/mol. The van der Waals surface area contributed by atoms with Crippen molar-refractivity contribution in [2.24, 2.45) is 5.73 Å². The molecule has 0 aromatic heterocycles. The van der Waals surface area contributed by atoms with Crippen LogP contribution in [-0.2, 0) is 4.79 Å². The number of aliphatic carboxylic acids is 1. The molecule has 0 saturated carbocycles. The third-order valence-electron chi connectivity index (χ3n) is 1.13. The van der Waals surface area contributed by atoms with Gasteiger partial charge in [-0.3, -0.25) is 0 Å². The lowest BCUT2D eigenvalue weighted by Gasteiger charge is -1.98. The maximum absolute atomic E-state index is 10.4. The van der Waals surface area contributed by atoms with Gasteiger partial charge < -0.3 is 10.8 Å². The zero-order valence-corrected chi connectivity index (χ0v) is 6.37. The molecule has 0 spiro atoms. The van der Waals surface area contributed by atoms with Gasteiger partial charge in [0.05, 0.1) is 5.57 Å². The fraction of sp³-hybridized carbons (Fsp3) is 0.125. The first-order chi connectivity index (χ1) is 5.13. The Labute approximate surface area is 65.5 Å². The van der Waals surface area contributed by atoms with Crippen LogP contribution in [0.25, 0.3) is 0 Å². The van der Waals surface area contributed by atoms with Gasteiger partial charge in [-0.1, -0.05) is 18.7 Å². The highest BCUT2D eigenvalue weighted by molar-refractivity contribution is 5.91. The summed E-state index contributed by atoms with van der Waals surface area (Å²) in [7, 11) is 0. The Morgan fingerprint density at radius 1 is 1.64 bits per heavy atom. The van der Waals surface area contributed by atoms with E-state index < -0.39 is 5.97 Å². The average Bonchev–Trinajstić information content (AvgIpc) is 1.88. The second-order valence-electron chi connectivity index (χ2n) is 1.87. The van der Waals surface area contributed by atoms with Crippen molar-refractivity contribution >= 4 is 5.97 Å². The lowest BCUT2D eigenvalue weighted by Crippen LogP contribution is -2.09. The Bertz CT molecular complexity index is 226. The zero-order valence-electron chi connectivity index (χ0n) is 6.37. The van der Waals surface area contributed by atoms with Crippen LogP contribution in [0.4, 0.5) is 0 Å². The number of rotatable bonds is 3. The highest BCUT2D eigenvalue weighted by atomic mass is 16.4. The molecule has 0 aliphatic heterocycles. The fourth-order valence-electron chi connectivity index (χ4n) is 0.630. The largest absolute Gasteiger partial charge is 0.478 e. The van der Waals surface area contributed by atoms with E-state index in [-0.39, 0.29) is 11.3 Å². The Hall–Kier alpha value is -1.51. The average molecular weight is 153 g/mol. The molecule has 0 saturated heterocycles. The molecule has 0 fully saturated rings. The van der Waals surface area contributed by atoms with Crippen LogP contribution in [-0.4, -0.2) is 11.1 Å². The van der Waals surface area contributed by atoms with Crippen LogP contribution in [0.3, 0.4) is 0 Å². The highest BCUT2D eigenvalue weighted by Gasteiger charge is 2.06. The van der Waals surface area contributed by atoms with Crippen LogP contribution in [0.15, 0.2) is 36.1 Å². The summed E-state index contributed by atoms with van der Waals surface area (Å²) in [6.07, 6.45) is 4.34. The summed E-state index contributed by atoms with van der Waals surface area (Å²) in [6.45, 7) is 5.02. The van der Waals surface area contributed by atoms with E-state index in [4.69, 9.17) is 10.8 Å². The van der Waals surface area contributed by atoms with Crippen molar-refractivity contribution in [1.82, 2.24) is 0 Å². The van der Waals surface area contributed by atoms with E-state index in [0.29, 0.717) is 0 Å². The molecule has 3 heteroatoms. The standard InChI is InChI=1S/C8H11NO2/c1-3-5-7(9)6(4-2)8(10)11/h3-5H,1,9H2,2H3,(H,10,11)/b6-4+,7-5+. The van der Waals surface area contributed by atoms with Gasteiger partial charge in [0.2, 0.25) is 0 Å². The van der Waals surface area contributed by atoms with Crippen molar-refractivity contribution in [2.45, 2.75) is 6.92 Å². The first-order valence-corrected chi connectivity index (χ1v) is 3.11.